The molecule has 3 rings (SSSR count). The zero-order chi connectivity index (χ0) is 19.9. The van der Waals surface area contributed by atoms with Crippen LogP contribution in [0, 0.1) is 0 Å². The van der Waals surface area contributed by atoms with Gasteiger partial charge in [-0.2, -0.15) is 0 Å². The minimum Gasteiger partial charge on any atom is -0.329 e. The van der Waals surface area contributed by atoms with E-state index in [-0.39, 0.29) is 18.1 Å². The van der Waals surface area contributed by atoms with E-state index in [0.29, 0.717) is 11.5 Å². The van der Waals surface area contributed by atoms with Gasteiger partial charge in [-0.25, -0.2) is 9.48 Å². The molecule has 0 aliphatic rings. The van der Waals surface area contributed by atoms with Gasteiger partial charge >= 0.3 is 6.03 Å². The summed E-state index contributed by atoms with van der Waals surface area (Å²) in [6.07, 6.45) is 3.49. The van der Waals surface area contributed by atoms with Gasteiger partial charge in [0.05, 0.1) is 17.8 Å². The molecule has 0 radical (unpaired) electrons. The lowest BCUT2D eigenvalue weighted by Crippen LogP contribution is -2.33. The Kier molecular flexibility index (Phi) is 6.31. The van der Waals surface area contributed by atoms with Gasteiger partial charge in [0.1, 0.15) is 0 Å². The van der Waals surface area contributed by atoms with E-state index >= 15 is 0 Å². The molecule has 146 valence electrons. The van der Waals surface area contributed by atoms with Gasteiger partial charge in [0, 0.05) is 17.4 Å². The van der Waals surface area contributed by atoms with Crippen molar-refractivity contribution in [3.63, 3.8) is 0 Å². The Morgan fingerprint density at radius 1 is 1.18 bits per heavy atom. The lowest BCUT2D eigenvalue weighted by Gasteiger charge is -2.18. The fourth-order valence-corrected chi connectivity index (χ4v) is 2.96. The number of hydrogen-bond donors (Lipinski definition) is 2. The van der Waals surface area contributed by atoms with Crippen LogP contribution in [-0.4, -0.2) is 31.2 Å². The van der Waals surface area contributed by atoms with Crippen molar-refractivity contribution in [3.05, 3.63) is 54.4 Å². The number of carbonyl (C=O) groups is 1. The van der Waals surface area contributed by atoms with Crippen molar-refractivity contribution in [1.29, 1.82) is 0 Å². The Bertz CT molecular complexity index is 908. The highest BCUT2D eigenvalue weighted by molar-refractivity contribution is 5.90. The summed E-state index contributed by atoms with van der Waals surface area (Å²) < 4.78 is 1.75. The van der Waals surface area contributed by atoms with E-state index in [4.69, 9.17) is 0 Å². The van der Waals surface area contributed by atoms with Crippen LogP contribution in [0.3, 0.4) is 0 Å². The molecule has 2 aromatic heterocycles. The molecule has 0 saturated carbocycles. The number of benzene rings is 1. The van der Waals surface area contributed by atoms with E-state index in [0.717, 1.165) is 24.1 Å². The predicted molar refractivity (Wildman–Crippen MR) is 108 cm³/mol. The molecule has 1 unspecified atom stereocenters. The summed E-state index contributed by atoms with van der Waals surface area (Å²) in [5.41, 5.74) is 2.36. The maximum absolute atomic E-state index is 12.5. The maximum Gasteiger partial charge on any atom is 0.319 e. The largest absolute Gasteiger partial charge is 0.329 e. The number of hydrogen-bond acceptors (Lipinski definition) is 5. The highest BCUT2D eigenvalue weighted by atomic mass is 16.2. The molecule has 3 aromatic rings. The zero-order valence-electron chi connectivity index (χ0n) is 16.3. The number of anilines is 1. The number of tetrazole rings is 1. The average Bonchev–Trinajstić information content (AvgIpc) is 3.19. The van der Waals surface area contributed by atoms with Crippen LogP contribution < -0.4 is 10.6 Å². The molecule has 0 aliphatic carbocycles. The Morgan fingerprint density at radius 3 is 2.75 bits per heavy atom. The topological polar surface area (TPSA) is 97.6 Å². The molecule has 0 saturated heterocycles. The molecule has 8 heteroatoms. The van der Waals surface area contributed by atoms with E-state index in [2.05, 4.69) is 38.1 Å². The average molecular weight is 379 g/mol. The van der Waals surface area contributed by atoms with E-state index in [1.165, 1.54) is 0 Å². The minimum atomic E-state index is -0.273. The third-order valence-electron chi connectivity index (χ3n) is 4.29. The van der Waals surface area contributed by atoms with Gasteiger partial charge in [-0.3, -0.25) is 4.98 Å². The van der Waals surface area contributed by atoms with Crippen LogP contribution in [-0.2, 0) is 0 Å². The first kappa shape index (κ1) is 19.5. The summed E-state index contributed by atoms with van der Waals surface area (Å²) in [6, 6.07) is 12.9. The normalized spacial score (nSPS) is 12.0. The monoisotopic (exact) mass is 379 g/mol. The highest BCUT2D eigenvalue weighted by Gasteiger charge is 2.16. The second-order valence-corrected chi connectivity index (χ2v) is 6.82. The zero-order valence-corrected chi connectivity index (χ0v) is 16.3. The fraction of sp³-hybridized carbons (Fsp3) is 0.350. The van der Waals surface area contributed by atoms with Crippen molar-refractivity contribution in [1.82, 2.24) is 30.5 Å². The Hall–Kier alpha value is -3.29. The number of aromatic nitrogens is 5. The van der Waals surface area contributed by atoms with Crippen LogP contribution in [0.5, 0.6) is 0 Å². The van der Waals surface area contributed by atoms with Gasteiger partial charge in [-0.05, 0) is 55.0 Å². The molecule has 28 heavy (non-hydrogen) atoms. The molecule has 2 N–H and O–H groups in total. The number of amides is 2. The molecule has 0 bridgehead atoms. The van der Waals surface area contributed by atoms with Crippen LogP contribution in [0.4, 0.5) is 10.5 Å². The molecule has 0 spiro atoms. The molecule has 8 nitrogen and oxygen atoms in total. The van der Waals surface area contributed by atoms with Crippen molar-refractivity contribution in [3.8, 4) is 11.4 Å². The summed E-state index contributed by atoms with van der Waals surface area (Å²) in [7, 11) is 0. The van der Waals surface area contributed by atoms with E-state index < -0.39 is 0 Å². The Balaban J connectivity index is 1.73. The van der Waals surface area contributed by atoms with Crippen LogP contribution >= 0.6 is 0 Å². The first-order chi connectivity index (χ1) is 13.6. The molecular formula is C20H25N7O. The Morgan fingerprint density at radius 2 is 2.04 bits per heavy atom. The summed E-state index contributed by atoms with van der Waals surface area (Å²) in [5, 5.41) is 17.8. The third kappa shape index (κ3) is 4.70. The molecule has 2 heterocycles. The van der Waals surface area contributed by atoms with Crippen molar-refractivity contribution in [2.75, 3.05) is 5.32 Å². The minimum absolute atomic E-state index is 0.136. The van der Waals surface area contributed by atoms with Crippen LogP contribution in [0.2, 0.25) is 0 Å². The van der Waals surface area contributed by atoms with Crippen molar-refractivity contribution in [2.24, 2.45) is 0 Å². The highest BCUT2D eigenvalue weighted by Crippen LogP contribution is 2.22. The SMILES string of the molecule is CCCC(NC(=O)Nc1cccc(-c2nnnn2C(C)C)c1)c1ccccn1. The Labute approximate surface area is 164 Å². The van der Waals surface area contributed by atoms with Crippen LogP contribution in [0.1, 0.15) is 51.4 Å². The van der Waals surface area contributed by atoms with E-state index in [9.17, 15) is 4.79 Å². The van der Waals surface area contributed by atoms with Gasteiger partial charge in [0.2, 0.25) is 0 Å². The van der Waals surface area contributed by atoms with Gasteiger partial charge in [0.15, 0.2) is 5.82 Å². The number of rotatable bonds is 7. The summed E-state index contributed by atoms with van der Waals surface area (Å²) in [5.74, 6) is 0.663. The molecule has 1 aromatic carbocycles. The predicted octanol–water partition coefficient (Wildman–Crippen LogP) is 3.98. The lowest BCUT2D eigenvalue weighted by atomic mass is 10.1. The van der Waals surface area contributed by atoms with E-state index in [1.54, 1.807) is 10.9 Å². The molecule has 2 amide bonds. The van der Waals surface area contributed by atoms with Crippen molar-refractivity contribution in [2.45, 2.75) is 45.7 Å². The smallest absolute Gasteiger partial charge is 0.319 e. The maximum atomic E-state index is 12.5. The number of pyridine rings is 1. The summed E-state index contributed by atoms with van der Waals surface area (Å²) >= 11 is 0. The standard InChI is InChI=1S/C20H25N7O/c1-4-8-18(17-11-5-6-12-21-17)23-20(28)22-16-10-7-9-15(13-16)19-24-25-26-27(19)14(2)3/h5-7,9-14,18H,4,8H2,1-3H3,(H2,22,23,28). The molecule has 0 fully saturated rings. The first-order valence-electron chi connectivity index (χ1n) is 9.45. The quantitative estimate of drug-likeness (QED) is 0.647. The van der Waals surface area contributed by atoms with Crippen LogP contribution in [0.15, 0.2) is 48.7 Å². The number of nitrogens with one attached hydrogen (secondary N) is 2. The number of nitrogens with zero attached hydrogens (tertiary/aromatic N) is 5. The van der Waals surface area contributed by atoms with Crippen molar-refractivity contribution < 1.29 is 4.79 Å². The number of carbonyl (C=O) groups excluding carboxylic acids is 1. The lowest BCUT2D eigenvalue weighted by molar-refractivity contribution is 0.247. The molecular weight excluding hydrogens is 354 g/mol. The number of urea groups is 1. The molecule has 0 aliphatic heterocycles. The summed E-state index contributed by atoms with van der Waals surface area (Å²) in [4.78, 5) is 16.9. The first-order valence-corrected chi connectivity index (χ1v) is 9.45. The molecule has 1 atom stereocenters. The van der Waals surface area contributed by atoms with Gasteiger partial charge < -0.3 is 10.6 Å². The second kappa shape index (κ2) is 9.07. The van der Waals surface area contributed by atoms with E-state index in [1.807, 2.05) is 56.3 Å². The van der Waals surface area contributed by atoms with Crippen LogP contribution in [0.25, 0.3) is 11.4 Å². The summed E-state index contributed by atoms with van der Waals surface area (Å²) in [6.45, 7) is 6.11. The fourth-order valence-electron chi connectivity index (χ4n) is 2.96. The third-order valence-corrected chi connectivity index (χ3v) is 4.29. The van der Waals surface area contributed by atoms with Gasteiger partial charge in [-0.15, -0.1) is 5.10 Å². The van der Waals surface area contributed by atoms with Crippen molar-refractivity contribution >= 4 is 11.7 Å². The second-order valence-electron chi connectivity index (χ2n) is 6.82. The van der Waals surface area contributed by atoms with Gasteiger partial charge in [0.25, 0.3) is 0 Å². The van der Waals surface area contributed by atoms with Gasteiger partial charge in [-0.1, -0.05) is 31.5 Å².